The summed E-state index contributed by atoms with van der Waals surface area (Å²) in [5.41, 5.74) is 0. The fraction of sp³-hybridized carbons (Fsp3) is 0.385. The molecule has 0 amide bonds. The zero-order valence-electron chi connectivity index (χ0n) is 27.1. The van der Waals surface area contributed by atoms with Gasteiger partial charge in [-0.15, -0.1) is 11.3 Å². The maximum Gasteiger partial charge on any atom is 0.303 e. The van der Waals surface area contributed by atoms with Crippen LogP contribution in [0.25, 0.3) is 10.1 Å². The number of benzene rings is 3. The second-order valence-corrected chi connectivity index (χ2v) is 18.9. The molecule has 0 spiro atoms. The minimum Gasteiger partial charge on any atom is -0.481 e. The Morgan fingerprint density at radius 1 is 0.978 bits per heavy atom. The lowest BCUT2D eigenvalue weighted by atomic mass is 9.86. The van der Waals surface area contributed by atoms with Crippen molar-refractivity contribution in [3.8, 4) is 0 Å². The SMILES string of the molecule is CC(C)(C)[Si](O[C@H](CC[C@H]1[C@H](O)CC(=O)[C@@H]1C/C=C\CCCC(=O)O)c1cc2ccccc2s1)(c1ccccc1)c1ccccc1. The number of carboxylic acids is 1. The average Bonchev–Trinajstić information content (AvgIpc) is 3.58. The van der Waals surface area contributed by atoms with Crippen molar-refractivity contribution in [1.82, 2.24) is 0 Å². The minimum absolute atomic E-state index is 0.110. The number of aliphatic carboxylic acids is 1. The second-order valence-electron chi connectivity index (χ2n) is 13.5. The van der Waals surface area contributed by atoms with Crippen LogP contribution in [0, 0.1) is 11.8 Å². The molecule has 242 valence electrons. The first-order chi connectivity index (χ1) is 22.1. The Bertz CT molecular complexity index is 1550. The van der Waals surface area contributed by atoms with Crippen LogP contribution >= 0.6 is 11.3 Å². The van der Waals surface area contributed by atoms with Crippen LogP contribution in [0.4, 0.5) is 0 Å². The molecule has 1 aromatic heterocycles. The first-order valence-electron chi connectivity index (χ1n) is 16.4. The van der Waals surface area contributed by atoms with Gasteiger partial charge in [-0.05, 0) is 71.0 Å². The standard InChI is InChI=1S/C39H46O5SSi/c1-39(2,3)46(29-17-8-6-9-18-29,30-19-10-7-11-20-30)44-35(37-26-28-16-14-15-22-36(28)45-37)25-24-32-31(33(40)27-34(32)41)21-12-4-5-13-23-38(42)43/h4,6-12,14-20,22,26,31-32,34-35,41H,5,13,21,23-25,27H2,1-3H3,(H,42,43)/b12-4-/t31-,32-,34-,35-/m1/s1. The fourth-order valence-corrected chi connectivity index (χ4v) is 13.0. The number of aliphatic hydroxyl groups is 1. The molecular weight excluding hydrogens is 609 g/mol. The Labute approximate surface area is 278 Å². The third-order valence-electron chi connectivity index (χ3n) is 9.41. The van der Waals surface area contributed by atoms with Crippen LogP contribution in [0.5, 0.6) is 0 Å². The molecule has 3 aromatic carbocycles. The molecule has 1 heterocycles. The van der Waals surface area contributed by atoms with Crippen LogP contribution < -0.4 is 10.4 Å². The van der Waals surface area contributed by atoms with E-state index in [9.17, 15) is 14.7 Å². The molecule has 4 atom stereocenters. The highest BCUT2D eigenvalue weighted by Crippen LogP contribution is 2.45. The molecule has 1 saturated carbocycles. The van der Waals surface area contributed by atoms with Crippen LogP contribution in [0.3, 0.4) is 0 Å². The molecule has 0 unspecified atom stereocenters. The highest BCUT2D eigenvalue weighted by Gasteiger charge is 2.52. The largest absolute Gasteiger partial charge is 0.481 e. The van der Waals surface area contributed by atoms with E-state index in [1.54, 1.807) is 11.3 Å². The Morgan fingerprint density at radius 2 is 1.61 bits per heavy atom. The number of fused-ring (bicyclic) bond motifs is 1. The molecule has 2 N–H and O–H groups in total. The van der Waals surface area contributed by atoms with Crippen molar-refractivity contribution < 1.29 is 24.2 Å². The number of unbranched alkanes of at least 4 members (excludes halogenated alkanes) is 1. The van der Waals surface area contributed by atoms with Gasteiger partial charge in [0, 0.05) is 28.3 Å². The van der Waals surface area contributed by atoms with Crippen LogP contribution in [-0.4, -0.2) is 36.4 Å². The van der Waals surface area contributed by atoms with E-state index in [-0.39, 0.29) is 41.6 Å². The summed E-state index contributed by atoms with van der Waals surface area (Å²) in [6, 6.07) is 32.1. The highest BCUT2D eigenvalue weighted by molar-refractivity contribution is 7.19. The van der Waals surface area contributed by atoms with Gasteiger partial charge in [-0.2, -0.15) is 0 Å². The molecular formula is C39H46O5SSi. The molecule has 4 aromatic rings. The van der Waals surface area contributed by atoms with Crippen molar-refractivity contribution >= 4 is 51.9 Å². The Balaban J connectivity index is 1.49. The van der Waals surface area contributed by atoms with E-state index in [1.807, 2.05) is 12.2 Å². The molecule has 1 aliphatic rings. The van der Waals surface area contributed by atoms with Gasteiger partial charge < -0.3 is 14.6 Å². The molecule has 0 bridgehead atoms. The van der Waals surface area contributed by atoms with Gasteiger partial charge in [0.1, 0.15) is 5.78 Å². The van der Waals surface area contributed by atoms with Gasteiger partial charge in [0.15, 0.2) is 0 Å². The van der Waals surface area contributed by atoms with Crippen LogP contribution in [-0.2, 0) is 14.0 Å². The monoisotopic (exact) mass is 654 g/mol. The molecule has 1 fully saturated rings. The number of ketones is 1. The molecule has 5 nitrogen and oxygen atoms in total. The van der Waals surface area contributed by atoms with Crippen LogP contribution in [0.2, 0.25) is 5.04 Å². The number of carboxylic acid groups (broad SMARTS) is 1. The maximum absolute atomic E-state index is 13.1. The third-order valence-corrected chi connectivity index (χ3v) is 15.7. The predicted molar refractivity (Wildman–Crippen MR) is 190 cm³/mol. The van der Waals surface area contributed by atoms with Crippen molar-refractivity contribution in [2.45, 2.75) is 83.0 Å². The molecule has 46 heavy (non-hydrogen) atoms. The molecule has 1 aliphatic carbocycles. The van der Waals surface area contributed by atoms with E-state index >= 15 is 0 Å². The smallest absolute Gasteiger partial charge is 0.303 e. The average molecular weight is 655 g/mol. The van der Waals surface area contributed by atoms with Gasteiger partial charge >= 0.3 is 5.97 Å². The van der Waals surface area contributed by atoms with E-state index in [4.69, 9.17) is 9.53 Å². The lowest BCUT2D eigenvalue weighted by Gasteiger charge is -2.45. The summed E-state index contributed by atoms with van der Waals surface area (Å²) < 4.78 is 8.93. The lowest BCUT2D eigenvalue weighted by molar-refractivity contribution is -0.137. The first-order valence-corrected chi connectivity index (χ1v) is 19.2. The number of hydrogen-bond donors (Lipinski definition) is 2. The Morgan fingerprint density at radius 3 is 2.22 bits per heavy atom. The van der Waals surface area contributed by atoms with Crippen LogP contribution in [0.15, 0.2) is 103 Å². The zero-order valence-corrected chi connectivity index (χ0v) is 28.9. The third kappa shape index (κ3) is 7.60. The summed E-state index contributed by atoms with van der Waals surface area (Å²) in [4.78, 5) is 25.1. The van der Waals surface area contributed by atoms with E-state index in [0.717, 1.165) is 0 Å². The van der Waals surface area contributed by atoms with E-state index in [1.165, 1.54) is 25.3 Å². The predicted octanol–water partition coefficient (Wildman–Crippen LogP) is 8.07. The molecule has 0 aliphatic heterocycles. The quantitative estimate of drug-likeness (QED) is 0.0817. The summed E-state index contributed by atoms with van der Waals surface area (Å²) in [6.45, 7) is 6.87. The zero-order chi connectivity index (χ0) is 32.7. The van der Waals surface area contributed by atoms with E-state index < -0.39 is 20.4 Å². The van der Waals surface area contributed by atoms with Gasteiger partial charge in [0.2, 0.25) is 0 Å². The molecule has 7 heteroatoms. The number of Topliss-reactive ketones (excluding diaryl/α,β-unsaturated/α-hetero) is 1. The molecule has 0 radical (unpaired) electrons. The number of allylic oxidation sites excluding steroid dienone is 2. The van der Waals surface area contributed by atoms with Crippen molar-refractivity contribution in [3.05, 3.63) is 108 Å². The summed E-state index contributed by atoms with van der Waals surface area (Å²) in [7, 11) is -2.89. The van der Waals surface area contributed by atoms with Crippen LogP contribution in [0.1, 0.15) is 76.7 Å². The number of aliphatic hydroxyl groups excluding tert-OH is 1. The van der Waals surface area contributed by atoms with Crippen molar-refractivity contribution in [2.24, 2.45) is 11.8 Å². The maximum atomic E-state index is 13.1. The number of rotatable bonds is 14. The summed E-state index contributed by atoms with van der Waals surface area (Å²) >= 11 is 1.77. The fourth-order valence-electron chi connectivity index (χ4n) is 7.12. The lowest BCUT2D eigenvalue weighted by Crippen LogP contribution is -2.66. The molecule has 0 saturated heterocycles. The van der Waals surface area contributed by atoms with Gasteiger partial charge in [0.05, 0.1) is 12.2 Å². The van der Waals surface area contributed by atoms with Crippen molar-refractivity contribution in [3.63, 3.8) is 0 Å². The van der Waals surface area contributed by atoms with Gasteiger partial charge in [0.25, 0.3) is 8.32 Å². The van der Waals surface area contributed by atoms with E-state index in [0.29, 0.717) is 32.1 Å². The Kier molecular flexibility index (Phi) is 11.1. The summed E-state index contributed by atoms with van der Waals surface area (Å²) in [6.07, 6.45) is 6.57. The van der Waals surface area contributed by atoms with Crippen molar-refractivity contribution in [2.75, 3.05) is 0 Å². The first kappa shape index (κ1) is 34.0. The number of carbonyl (C=O) groups excluding carboxylic acids is 1. The Hall–Kier alpha value is -3.36. The normalized spacial score (nSPS) is 19.7. The van der Waals surface area contributed by atoms with Gasteiger partial charge in [-0.1, -0.05) is 112 Å². The summed E-state index contributed by atoms with van der Waals surface area (Å²) in [5, 5.41) is 23.5. The minimum atomic E-state index is -2.89. The highest BCUT2D eigenvalue weighted by atomic mass is 32.1. The van der Waals surface area contributed by atoms with E-state index in [2.05, 4.69) is 112 Å². The summed E-state index contributed by atoms with van der Waals surface area (Å²) in [5.74, 6) is -1.09. The van der Waals surface area contributed by atoms with Gasteiger partial charge in [-0.3, -0.25) is 9.59 Å². The number of carbonyl (C=O) groups is 2. The number of hydrogen-bond acceptors (Lipinski definition) is 5. The molecule has 5 rings (SSSR count). The van der Waals surface area contributed by atoms with Crippen molar-refractivity contribution in [1.29, 1.82) is 0 Å². The second kappa shape index (κ2) is 15.0. The topological polar surface area (TPSA) is 83.8 Å². The van der Waals surface area contributed by atoms with Gasteiger partial charge in [-0.25, -0.2) is 0 Å². The number of thiophene rings is 1.